The quantitative estimate of drug-likeness (QED) is 0.684. The van der Waals surface area contributed by atoms with Crippen LogP contribution in [-0.4, -0.2) is 51.5 Å². The number of ether oxygens (including phenoxy) is 1. The Bertz CT molecular complexity index is 1060. The maximum atomic E-state index is 13.2. The van der Waals surface area contributed by atoms with Crippen LogP contribution in [0.3, 0.4) is 0 Å². The molecule has 0 unspecified atom stereocenters. The standard InChI is InChI=1S/C23H27ClN2O4S/c1-2-17-3-4-18(15-21(17)31(28,29)26-11-13-30-14-12-26)22(27)25-16-23(9-10-23)19-5-7-20(24)8-6-19/h3-8,15H,2,9-14,16H2,1H3,(H,25,27). The number of nitrogens with one attached hydrogen (secondary N) is 1. The highest BCUT2D eigenvalue weighted by Gasteiger charge is 2.44. The SMILES string of the molecule is CCc1ccc(C(=O)NCC2(c3ccc(Cl)cc3)CC2)cc1S(=O)(=O)N1CCOCC1. The monoisotopic (exact) mass is 462 g/mol. The molecule has 0 radical (unpaired) electrons. The van der Waals surface area contributed by atoms with E-state index in [1.54, 1.807) is 12.1 Å². The van der Waals surface area contributed by atoms with E-state index in [4.69, 9.17) is 16.3 Å². The Morgan fingerprint density at radius 1 is 1.13 bits per heavy atom. The maximum absolute atomic E-state index is 13.2. The van der Waals surface area contributed by atoms with Crippen LogP contribution in [0.5, 0.6) is 0 Å². The highest BCUT2D eigenvalue weighted by molar-refractivity contribution is 7.89. The van der Waals surface area contributed by atoms with Crippen LogP contribution in [0.1, 0.15) is 41.3 Å². The first-order valence-corrected chi connectivity index (χ1v) is 12.4. The second kappa shape index (κ2) is 8.90. The molecule has 2 fully saturated rings. The fraction of sp³-hybridized carbons (Fsp3) is 0.435. The number of hydrogen-bond donors (Lipinski definition) is 1. The molecule has 0 bridgehead atoms. The van der Waals surface area contributed by atoms with Crippen LogP contribution >= 0.6 is 11.6 Å². The molecule has 1 heterocycles. The van der Waals surface area contributed by atoms with Crippen LogP contribution in [0.4, 0.5) is 0 Å². The van der Waals surface area contributed by atoms with E-state index in [2.05, 4.69) is 5.32 Å². The predicted octanol–water partition coefficient (Wildman–Crippen LogP) is 3.38. The Balaban J connectivity index is 1.52. The van der Waals surface area contributed by atoms with Gasteiger partial charge in [-0.25, -0.2) is 8.42 Å². The molecule has 1 saturated heterocycles. The molecule has 1 amide bonds. The van der Waals surface area contributed by atoms with Gasteiger partial charge in [-0.05, 0) is 54.7 Å². The average Bonchev–Trinajstić information content (AvgIpc) is 3.59. The van der Waals surface area contributed by atoms with Gasteiger partial charge >= 0.3 is 0 Å². The van der Waals surface area contributed by atoms with Crippen LogP contribution in [0.25, 0.3) is 0 Å². The summed E-state index contributed by atoms with van der Waals surface area (Å²) in [5, 5.41) is 3.70. The Hall–Kier alpha value is -1.93. The molecular formula is C23H27ClN2O4S. The van der Waals surface area contributed by atoms with E-state index in [0.29, 0.717) is 55.4 Å². The smallest absolute Gasteiger partial charge is 0.251 e. The third-order valence-corrected chi connectivity index (χ3v) is 8.43. The third-order valence-electron chi connectivity index (χ3n) is 6.20. The van der Waals surface area contributed by atoms with Gasteiger partial charge < -0.3 is 10.1 Å². The molecule has 2 aromatic rings. The van der Waals surface area contributed by atoms with Gasteiger partial charge in [0.1, 0.15) is 0 Å². The van der Waals surface area contributed by atoms with Crippen LogP contribution in [-0.2, 0) is 26.6 Å². The topological polar surface area (TPSA) is 75.7 Å². The molecule has 1 N–H and O–H groups in total. The highest BCUT2D eigenvalue weighted by atomic mass is 35.5. The van der Waals surface area contributed by atoms with Crippen LogP contribution < -0.4 is 5.32 Å². The van der Waals surface area contributed by atoms with Gasteiger partial charge in [-0.3, -0.25) is 4.79 Å². The molecule has 31 heavy (non-hydrogen) atoms. The number of carbonyl (C=O) groups excluding carboxylic acids is 1. The number of rotatable bonds is 7. The number of halogens is 1. The Morgan fingerprint density at radius 3 is 2.42 bits per heavy atom. The van der Waals surface area contributed by atoms with Crippen molar-refractivity contribution in [1.29, 1.82) is 0 Å². The Labute approximate surface area is 188 Å². The van der Waals surface area contributed by atoms with E-state index >= 15 is 0 Å². The van der Waals surface area contributed by atoms with Crippen molar-refractivity contribution in [3.8, 4) is 0 Å². The molecule has 0 spiro atoms. The third kappa shape index (κ3) is 4.65. The molecule has 1 aliphatic carbocycles. The largest absolute Gasteiger partial charge is 0.379 e. The molecule has 0 atom stereocenters. The van der Waals surface area contributed by atoms with Crippen molar-refractivity contribution in [3.05, 3.63) is 64.2 Å². The summed E-state index contributed by atoms with van der Waals surface area (Å²) < 4.78 is 33.1. The number of benzene rings is 2. The van der Waals surface area contributed by atoms with Gasteiger partial charge in [0.15, 0.2) is 0 Å². The molecule has 1 saturated carbocycles. The van der Waals surface area contributed by atoms with Gasteiger partial charge in [-0.15, -0.1) is 0 Å². The lowest BCUT2D eigenvalue weighted by Crippen LogP contribution is -2.41. The zero-order valence-corrected chi connectivity index (χ0v) is 19.1. The molecule has 166 valence electrons. The van der Waals surface area contributed by atoms with E-state index in [-0.39, 0.29) is 16.2 Å². The van der Waals surface area contributed by atoms with Crippen molar-refractivity contribution in [2.24, 2.45) is 0 Å². The molecule has 2 aromatic carbocycles. The lowest BCUT2D eigenvalue weighted by atomic mass is 9.96. The zero-order chi connectivity index (χ0) is 22.1. The van der Waals surface area contributed by atoms with Gasteiger partial charge in [0.25, 0.3) is 5.91 Å². The molecule has 2 aliphatic rings. The van der Waals surface area contributed by atoms with Crippen molar-refractivity contribution >= 4 is 27.5 Å². The highest BCUT2D eigenvalue weighted by Crippen LogP contribution is 2.47. The van der Waals surface area contributed by atoms with E-state index < -0.39 is 10.0 Å². The lowest BCUT2D eigenvalue weighted by molar-refractivity contribution is 0.0730. The fourth-order valence-electron chi connectivity index (χ4n) is 4.03. The van der Waals surface area contributed by atoms with Gasteiger partial charge in [0.2, 0.25) is 10.0 Å². The Morgan fingerprint density at radius 2 is 1.81 bits per heavy atom. The second-order valence-electron chi connectivity index (χ2n) is 8.16. The average molecular weight is 463 g/mol. The summed E-state index contributed by atoms with van der Waals surface area (Å²) in [7, 11) is -3.68. The summed E-state index contributed by atoms with van der Waals surface area (Å²) in [5.41, 5.74) is 2.17. The van der Waals surface area contributed by atoms with Crippen LogP contribution in [0, 0.1) is 0 Å². The van der Waals surface area contributed by atoms with Crippen molar-refractivity contribution in [3.63, 3.8) is 0 Å². The summed E-state index contributed by atoms with van der Waals surface area (Å²) >= 11 is 5.99. The van der Waals surface area contributed by atoms with Crippen molar-refractivity contribution in [2.75, 3.05) is 32.8 Å². The van der Waals surface area contributed by atoms with Crippen LogP contribution in [0.15, 0.2) is 47.4 Å². The summed E-state index contributed by atoms with van der Waals surface area (Å²) in [5.74, 6) is -0.263. The number of morpholine rings is 1. The van der Waals surface area contributed by atoms with Gasteiger partial charge in [-0.1, -0.05) is 36.7 Å². The first-order valence-electron chi connectivity index (χ1n) is 10.6. The molecule has 4 rings (SSSR count). The minimum atomic E-state index is -3.68. The normalized spacial score (nSPS) is 18.5. The zero-order valence-electron chi connectivity index (χ0n) is 17.6. The minimum Gasteiger partial charge on any atom is -0.379 e. The molecule has 0 aromatic heterocycles. The number of carbonyl (C=O) groups is 1. The van der Waals surface area contributed by atoms with Gasteiger partial charge in [0.05, 0.1) is 18.1 Å². The van der Waals surface area contributed by atoms with Gasteiger partial charge in [0, 0.05) is 35.6 Å². The summed E-state index contributed by atoms with van der Waals surface area (Å²) in [4.78, 5) is 13.1. The summed E-state index contributed by atoms with van der Waals surface area (Å²) in [6, 6.07) is 12.7. The van der Waals surface area contributed by atoms with E-state index in [1.165, 1.54) is 10.4 Å². The van der Waals surface area contributed by atoms with Crippen molar-refractivity contribution in [2.45, 2.75) is 36.5 Å². The number of hydrogen-bond acceptors (Lipinski definition) is 4. The fourth-order valence-corrected chi connectivity index (χ4v) is 5.88. The van der Waals surface area contributed by atoms with Crippen molar-refractivity contribution < 1.29 is 17.9 Å². The number of sulfonamides is 1. The molecule has 1 aliphatic heterocycles. The molecule has 6 nitrogen and oxygen atoms in total. The van der Waals surface area contributed by atoms with E-state index in [9.17, 15) is 13.2 Å². The molecule has 8 heteroatoms. The summed E-state index contributed by atoms with van der Waals surface area (Å²) in [6.07, 6.45) is 2.57. The first-order chi connectivity index (χ1) is 14.9. The number of aryl methyl sites for hydroxylation is 1. The molecular weight excluding hydrogens is 436 g/mol. The summed E-state index contributed by atoms with van der Waals surface area (Å²) in [6.45, 7) is 3.84. The van der Waals surface area contributed by atoms with E-state index in [0.717, 1.165) is 18.4 Å². The Kier molecular flexibility index (Phi) is 6.40. The lowest BCUT2D eigenvalue weighted by Gasteiger charge is -2.27. The predicted molar refractivity (Wildman–Crippen MR) is 120 cm³/mol. The van der Waals surface area contributed by atoms with Gasteiger partial charge in [-0.2, -0.15) is 4.31 Å². The maximum Gasteiger partial charge on any atom is 0.251 e. The van der Waals surface area contributed by atoms with E-state index in [1.807, 2.05) is 31.2 Å². The van der Waals surface area contributed by atoms with Crippen molar-refractivity contribution in [1.82, 2.24) is 9.62 Å². The minimum absolute atomic E-state index is 0.0632. The number of nitrogens with zero attached hydrogens (tertiary/aromatic N) is 1. The van der Waals surface area contributed by atoms with Crippen LogP contribution in [0.2, 0.25) is 5.02 Å². The first kappa shape index (κ1) is 22.3. The second-order valence-corrected chi connectivity index (χ2v) is 10.5. The number of amides is 1.